The van der Waals surface area contributed by atoms with Gasteiger partial charge in [-0.2, -0.15) is 5.10 Å². The van der Waals surface area contributed by atoms with Crippen molar-refractivity contribution in [2.75, 3.05) is 4.90 Å². The van der Waals surface area contributed by atoms with E-state index in [9.17, 15) is 14.7 Å². The van der Waals surface area contributed by atoms with Crippen molar-refractivity contribution >= 4 is 67.3 Å². The Hall–Kier alpha value is -3.17. The molecule has 0 aromatic heterocycles. The monoisotopic (exact) mass is 496 g/mol. The van der Waals surface area contributed by atoms with Crippen molar-refractivity contribution in [1.29, 1.82) is 0 Å². The average Bonchev–Trinajstić information content (AvgIpc) is 3.03. The van der Waals surface area contributed by atoms with E-state index in [1.54, 1.807) is 30.3 Å². The Labute approximate surface area is 190 Å². The molecule has 0 saturated carbocycles. The number of halogens is 1. The molecule has 7 nitrogen and oxygen atoms in total. The van der Waals surface area contributed by atoms with E-state index < -0.39 is 5.25 Å². The van der Waals surface area contributed by atoms with Gasteiger partial charge in [-0.15, -0.1) is 5.10 Å². The minimum absolute atomic E-state index is 0.0314. The zero-order valence-corrected chi connectivity index (χ0v) is 18.5. The van der Waals surface area contributed by atoms with E-state index in [-0.39, 0.29) is 29.2 Å². The number of rotatable bonds is 4. The maximum Gasteiger partial charge on any atom is 0.247 e. The molecule has 1 aliphatic heterocycles. The van der Waals surface area contributed by atoms with Gasteiger partial charge in [-0.1, -0.05) is 58.0 Å². The van der Waals surface area contributed by atoms with E-state index in [0.29, 0.717) is 11.3 Å². The molecule has 3 aromatic rings. The lowest BCUT2D eigenvalue weighted by Crippen LogP contribution is -2.31. The third-order valence-electron chi connectivity index (χ3n) is 4.74. The fourth-order valence-electron chi connectivity index (χ4n) is 3.29. The molecular weight excluding hydrogens is 480 g/mol. The highest BCUT2D eigenvalue weighted by atomic mass is 79.9. The number of nitrogens with zero attached hydrogens (tertiary/aromatic N) is 3. The zero-order chi connectivity index (χ0) is 22.0. The van der Waals surface area contributed by atoms with Crippen LogP contribution in [-0.4, -0.2) is 33.6 Å². The highest BCUT2D eigenvalue weighted by Crippen LogP contribution is 2.30. The quantitative estimate of drug-likeness (QED) is 0.245. The van der Waals surface area contributed by atoms with Gasteiger partial charge in [-0.25, -0.2) is 4.90 Å². The van der Waals surface area contributed by atoms with Crippen LogP contribution in [0.4, 0.5) is 5.69 Å². The molecule has 0 bridgehead atoms. The van der Waals surface area contributed by atoms with Crippen LogP contribution in [0, 0.1) is 0 Å². The number of amidine groups is 1. The largest absolute Gasteiger partial charge is 0.507 e. The summed E-state index contributed by atoms with van der Waals surface area (Å²) in [6.45, 7) is 0. The molecule has 0 radical (unpaired) electrons. The lowest BCUT2D eigenvalue weighted by Gasteiger charge is -2.14. The number of carbonyl (C=O) groups excluding carboxylic acids is 2. The second kappa shape index (κ2) is 8.91. The predicted octanol–water partition coefficient (Wildman–Crippen LogP) is 4.02. The Morgan fingerprint density at radius 3 is 2.65 bits per heavy atom. The molecule has 1 fully saturated rings. The Balaban J connectivity index is 1.48. The first-order valence-electron chi connectivity index (χ1n) is 9.30. The first-order valence-corrected chi connectivity index (χ1v) is 11.0. The van der Waals surface area contributed by atoms with Gasteiger partial charge in [0.15, 0.2) is 5.17 Å². The lowest BCUT2D eigenvalue weighted by atomic mass is 10.0. The van der Waals surface area contributed by atoms with Crippen molar-refractivity contribution in [1.82, 2.24) is 0 Å². The molecule has 31 heavy (non-hydrogen) atoms. The second-order valence-corrected chi connectivity index (χ2v) is 8.90. The lowest BCUT2D eigenvalue weighted by molar-refractivity contribution is -0.121. The van der Waals surface area contributed by atoms with Gasteiger partial charge in [0.2, 0.25) is 11.8 Å². The molecule has 1 saturated heterocycles. The Kier molecular flexibility index (Phi) is 6.06. The maximum atomic E-state index is 12.7. The van der Waals surface area contributed by atoms with E-state index in [4.69, 9.17) is 5.73 Å². The zero-order valence-electron chi connectivity index (χ0n) is 16.1. The van der Waals surface area contributed by atoms with E-state index in [1.807, 2.05) is 30.3 Å². The number of phenolic OH excluding ortho intramolecular Hbond substituents is 1. The van der Waals surface area contributed by atoms with E-state index >= 15 is 0 Å². The van der Waals surface area contributed by atoms with Crippen LogP contribution in [0.2, 0.25) is 0 Å². The van der Waals surface area contributed by atoms with Crippen molar-refractivity contribution < 1.29 is 14.7 Å². The van der Waals surface area contributed by atoms with Crippen LogP contribution < -0.4 is 10.6 Å². The number of hydrogen-bond donors (Lipinski definition) is 2. The topological polar surface area (TPSA) is 108 Å². The summed E-state index contributed by atoms with van der Waals surface area (Å²) in [5.41, 5.74) is 6.97. The number of carbonyl (C=O) groups is 2. The summed E-state index contributed by atoms with van der Waals surface area (Å²) in [6.07, 6.45) is 1.45. The maximum absolute atomic E-state index is 12.7. The van der Waals surface area contributed by atoms with Gasteiger partial charge < -0.3 is 10.8 Å². The number of phenols is 1. The molecule has 4 rings (SSSR count). The van der Waals surface area contributed by atoms with Crippen LogP contribution in [0.25, 0.3) is 10.8 Å². The highest BCUT2D eigenvalue weighted by molar-refractivity contribution is 9.10. The standard InChI is InChI=1S/C22H17BrN4O3S/c23-14-6-8-15(9-7-14)27-20(29)11-19(21(27)30)31-22(24)26-25-12-17-16-4-2-1-3-13(16)5-10-18(17)28/h1-10,12,19,28H,11H2,(H2,24,26)/b25-12+/t19-/m0/s1. The summed E-state index contributed by atoms with van der Waals surface area (Å²) in [7, 11) is 0. The Bertz CT molecular complexity index is 1230. The van der Waals surface area contributed by atoms with Crippen LogP contribution >= 0.6 is 27.7 Å². The van der Waals surface area contributed by atoms with Crippen molar-refractivity contribution in [3.05, 3.63) is 70.7 Å². The number of imide groups is 1. The summed E-state index contributed by atoms with van der Waals surface area (Å²) >= 11 is 4.33. The first kappa shape index (κ1) is 21.1. The number of anilines is 1. The molecule has 2 amide bonds. The summed E-state index contributed by atoms with van der Waals surface area (Å²) in [5.74, 6) is -0.557. The van der Waals surface area contributed by atoms with Crippen LogP contribution in [-0.2, 0) is 9.59 Å². The minimum Gasteiger partial charge on any atom is -0.507 e. The SMILES string of the molecule is NC(=N/N=C/c1c(O)ccc2ccccc12)S[C@H]1CC(=O)N(c2ccc(Br)cc2)C1=O. The van der Waals surface area contributed by atoms with Gasteiger partial charge in [0.05, 0.1) is 11.9 Å². The van der Waals surface area contributed by atoms with Crippen molar-refractivity contribution in [3.63, 3.8) is 0 Å². The second-order valence-electron chi connectivity index (χ2n) is 6.76. The van der Waals surface area contributed by atoms with Gasteiger partial charge in [-0.05, 0) is 41.1 Å². The van der Waals surface area contributed by atoms with Gasteiger partial charge in [0.25, 0.3) is 0 Å². The first-order chi connectivity index (χ1) is 14.9. The molecule has 0 aliphatic carbocycles. The van der Waals surface area contributed by atoms with Gasteiger partial charge in [0.1, 0.15) is 11.0 Å². The van der Waals surface area contributed by atoms with E-state index in [0.717, 1.165) is 31.9 Å². The third kappa shape index (κ3) is 4.47. The molecule has 3 aromatic carbocycles. The van der Waals surface area contributed by atoms with Crippen LogP contribution in [0.5, 0.6) is 5.75 Å². The Morgan fingerprint density at radius 1 is 1.13 bits per heavy atom. The van der Waals surface area contributed by atoms with Gasteiger partial charge in [-0.3, -0.25) is 9.59 Å². The van der Waals surface area contributed by atoms with Crippen LogP contribution in [0.15, 0.2) is 75.3 Å². The molecule has 0 unspecified atom stereocenters. The fraction of sp³-hybridized carbons (Fsp3) is 0.0909. The van der Waals surface area contributed by atoms with Crippen molar-refractivity contribution in [3.8, 4) is 5.75 Å². The molecule has 1 atom stereocenters. The van der Waals surface area contributed by atoms with Gasteiger partial charge >= 0.3 is 0 Å². The van der Waals surface area contributed by atoms with Crippen molar-refractivity contribution in [2.24, 2.45) is 15.9 Å². The Morgan fingerprint density at radius 2 is 1.87 bits per heavy atom. The number of amides is 2. The number of fused-ring (bicyclic) bond motifs is 1. The summed E-state index contributed by atoms with van der Waals surface area (Å²) < 4.78 is 0.854. The normalized spacial score (nSPS) is 17.3. The molecule has 156 valence electrons. The van der Waals surface area contributed by atoms with Crippen LogP contribution in [0.3, 0.4) is 0 Å². The molecule has 9 heteroatoms. The number of nitrogens with two attached hydrogens (primary N) is 1. The molecule has 1 heterocycles. The van der Waals surface area contributed by atoms with Crippen LogP contribution in [0.1, 0.15) is 12.0 Å². The summed E-state index contributed by atoms with van der Waals surface area (Å²) in [4.78, 5) is 26.2. The van der Waals surface area contributed by atoms with E-state index in [1.165, 1.54) is 6.21 Å². The molecule has 1 aliphatic rings. The van der Waals surface area contributed by atoms with E-state index in [2.05, 4.69) is 26.1 Å². The highest BCUT2D eigenvalue weighted by Gasteiger charge is 2.40. The smallest absolute Gasteiger partial charge is 0.247 e. The van der Waals surface area contributed by atoms with Crippen molar-refractivity contribution in [2.45, 2.75) is 11.7 Å². The molecule has 3 N–H and O–H groups in total. The number of benzene rings is 3. The predicted molar refractivity (Wildman–Crippen MR) is 127 cm³/mol. The fourth-order valence-corrected chi connectivity index (χ4v) is 4.37. The summed E-state index contributed by atoms with van der Waals surface area (Å²) in [6, 6.07) is 17.9. The number of aromatic hydroxyl groups is 1. The number of hydrogen-bond acceptors (Lipinski definition) is 6. The molecular formula is C22H17BrN4O3S. The van der Waals surface area contributed by atoms with Gasteiger partial charge in [0, 0.05) is 16.5 Å². The minimum atomic E-state index is -0.666. The number of thioether (sulfide) groups is 1. The third-order valence-corrected chi connectivity index (χ3v) is 6.25. The summed E-state index contributed by atoms with van der Waals surface area (Å²) in [5, 5.41) is 19.2. The average molecular weight is 497 g/mol. The molecule has 0 spiro atoms.